The van der Waals surface area contributed by atoms with Crippen molar-refractivity contribution in [2.24, 2.45) is 5.10 Å². The summed E-state index contributed by atoms with van der Waals surface area (Å²) >= 11 is 5.93. The van der Waals surface area contributed by atoms with Crippen molar-refractivity contribution in [3.05, 3.63) is 105 Å². The highest BCUT2D eigenvalue weighted by atomic mass is 35.5. The molecule has 1 heterocycles. The molecule has 0 amide bonds. The fraction of sp³-hybridized carbons (Fsp3) is 0.0870. The van der Waals surface area contributed by atoms with Gasteiger partial charge in [-0.15, -0.1) is 0 Å². The number of ether oxygens (including phenoxy) is 1. The first-order chi connectivity index (χ1) is 14.1. The zero-order valence-corrected chi connectivity index (χ0v) is 16.5. The molecule has 1 aromatic heterocycles. The molecule has 0 bridgehead atoms. The SMILES string of the molecule is Cc1ccccc1OCc1nc2ccccc2c(=O)n1/N=C\c1ccc(Cl)cc1. The molecule has 5 nitrogen and oxygen atoms in total. The molecule has 4 rings (SSSR count). The fourth-order valence-electron chi connectivity index (χ4n) is 2.92. The molecule has 0 unspecified atom stereocenters. The first kappa shape index (κ1) is 18.9. The third-order valence-electron chi connectivity index (χ3n) is 4.46. The number of para-hydroxylation sites is 2. The summed E-state index contributed by atoms with van der Waals surface area (Å²) in [5.41, 5.74) is 2.19. The molecule has 0 saturated carbocycles. The molecule has 0 atom stereocenters. The van der Waals surface area contributed by atoms with E-state index < -0.39 is 0 Å². The fourth-order valence-corrected chi connectivity index (χ4v) is 3.04. The number of hydrogen-bond donors (Lipinski definition) is 0. The van der Waals surface area contributed by atoms with Crippen molar-refractivity contribution >= 4 is 28.7 Å². The number of nitrogens with zero attached hydrogens (tertiary/aromatic N) is 3. The van der Waals surface area contributed by atoms with Crippen LogP contribution in [0.3, 0.4) is 0 Å². The first-order valence-electron chi connectivity index (χ1n) is 9.11. The molecule has 4 aromatic rings. The van der Waals surface area contributed by atoms with E-state index in [1.807, 2.05) is 55.5 Å². The van der Waals surface area contributed by atoms with Gasteiger partial charge in [0.15, 0.2) is 5.82 Å². The zero-order chi connectivity index (χ0) is 20.2. The molecule has 29 heavy (non-hydrogen) atoms. The van der Waals surface area contributed by atoms with E-state index in [1.54, 1.807) is 30.5 Å². The first-order valence-corrected chi connectivity index (χ1v) is 9.48. The van der Waals surface area contributed by atoms with E-state index in [2.05, 4.69) is 10.1 Å². The number of hydrogen-bond acceptors (Lipinski definition) is 4. The van der Waals surface area contributed by atoms with Crippen molar-refractivity contribution in [2.45, 2.75) is 13.5 Å². The third-order valence-corrected chi connectivity index (χ3v) is 4.72. The van der Waals surface area contributed by atoms with Gasteiger partial charge in [0.25, 0.3) is 5.56 Å². The molecule has 0 saturated heterocycles. The standard InChI is InChI=1S/C23H18ClN3O2/c1-16-6-2-5-9-21(16)29-15-22-26-20-8-4-3-7-19(20)23(28)27(22)25-14-17-10-12-18(24)13-11-17/h2-14H,15H2,1H3/b25-14-. The van der Waals surface area contributed by atoms with Gasteiger partial charge in [-0.3, -0.25) is 4.79 Å². The van der Waals surface area contributed by atoms with Crippen LogP contribution in [0.15, 0.2) is 82.7 Å². The lowest BCUT2D eigenvalue weighted by Crippen LogP contribution is -2.23. The Morgan fingerprint density at radius 2 is 1.76 bits per heavy atom. The minimum absolute atomic E-state index is 0.114. The van der Waals surface area contributed by atoms with E-state index in [1.165, 1.54) is 4.68 Å². The van der Waals surface area contributed by atoms with E-state index in [4.69, 9.17) is 16.3 Å². The summed E-state index contributed by atoms with van der Waals surface area (Å²) in [6.45, 7) is 2.08. The Hall–Kier alpha value is -3.44. The Morgan fingerprint density at radius 1 is 1.03 bits per heavy atom. The zero-order valence-electron chi connectivity index (χ0n) is 15.7. The van der Waals surface area contributed by atoms with Crippen LogP contribution in [0.25, 0.3) is 10.9 Å². The van der Waals surface area contributed by atoms with Gasteiger partial charge in [-0.2, -0.15) is 9.78 Å². The van der Waals surface area contributed by atoms with Crippen molar-refractivity contribution in [3.8, 4) is 5.75 Å². The van der Waals surface area contributed by atoms with Crippen molar-refractivity contribution in [1.29, 1.82) is 0 Å². The van der Waals surface area contributed by atoms with Gasteiger partial charge in [-0.25, -0.2) is 4.98 Å². The van der Waals surface area contributed by atoms with Gasteiger partial charge in [0.2, 0.25) is 0 Å². The van der Waals surface area contributed by atoms with Crippen LogP contribution in [-0.4, -0.2) is 15.9 Å². The Labute approximate surface area is 172 Å². The minimum atomic E-state index is -0.246. The highest BCUT2D eigenvalue weighted by molar-refractivity contribution is 6.30. The molecular formula is C23H18ClN3O2. The molecule has 3 aromatic carbocycles. The summed E-state index contributed by atoms with van der Waals surface area (Å²) in [7, 11) is 0. The second-order valence-electron chi connectivity index (χ2n) is 6.51. The number of benzene rings is 3. The molecule has 0 aliphatic carbocycles. The highest BCUT2D eigenvalue weighted by Gasteiger charge is 2.11. The van der Waals surface area contributed by atoms with Crippen LogP contribution >= 0.6 is 11.6 Å². The molecule has 0 spiro atoms. The Kier molecular flexibility index (Phi) is 5.40. The van der Waals surface area contributed by atoms with Crippen LogP contribution in [0, 0.1) is 6.92 Å². The van der Waals surface area contributed by atoms with Crippen LogP contribution in [-0.2, 0) is 6.61 Å². The summed E-state index contributed by atoms with van der Waals surface area (Å²) in [5.74, 6) is 1.16. The summed E-state index contributed by atoms with van der Waals surface area (Å²) in [6.07, 6.45) is 1.60. The van der Waals surface area contributed by atoms with E-state index in [9.17, 15) is 4.79 Å². The molecule has 0 N–H and O–H groups in total. The van der Waals surface area contributed by atoms with Crippen LogP contribution in [0.4, 0.5) is 0 Å². The Morgan fingerprint density at radius 3 is 2.55 bits per heavy atom. The molecule has 0 radical (unpaired) electrons. The Balaban J connectivity index is 1.75. The molecule has 0 aliphatic heterocycles. The van der Waals surface area contributed by atoms with Gasteiger partial charge in [0.1, 0.15) is 12.4 Å². The van der Waals surface area contributed by atoms with Crippen LogP contribution in [0.2, 0.25) is 5.02 Å². The van der Waals surface area contributed by atoms with Crippen LogP contribution in [0.5, 0.6) is 5.75 Å². The average Bonchev–Trinajstić information content (AvgIpc) is 2.74. The predicted octanol–water partition coefficient (Wildman–Crippen LogP) is 4.82. The van der Waals surface area contributed by atoms with Gasteiger partial charge in [-0.05, 0) is 48.4 Å². The molecular weight excluding hydrogens is 386 g/mol. The van der Waals surface area contributed by atoms with E-state index in [-0.39, 0.29) is 12.2 Å². The maximum absolute atomic E-state index is 13.0. The van der Waals surface area contributed by atoms with Crippen molar-refractivity contribution < 1.29 is 4.74 Å². The van der Waals surface area contributed by atoms with E-state index in [0.29, 0.717) is 21.7 Å². The molecule has 6 heteroatoms. The molecule has 144 valence electrons. The van der Waals surface area contributed by atoms with Crippen LogP contribution < -0.4 is 10.3 Å². The average molecular weight is 404 g/mol. The summed E-state index contributed by atoms with van der Waals surface area (Å²) in [6, 6.07) is 22.1. The number of fused-ring (bicyclic) bond motifs is 1. The normalized spacial score (nSPS) is 11.2. The van der Waals surface area contributed by atoms with E-state index >= 15 is 0 Å². The van der Waals surface area contributed by atoms with E-state index in [0.717, 1.165) is 16.9 Å². The summed E-state index contributed by atoms with van der Waals surface area (Å²) in [5, 5.41) is 5.52. The number of aromatic nitrogens is 2. The van der Waals surface area contributed by atoms with Gasteiger partial charge < -0.3 is 4.74 Å². The van der Waals surface area contributed by atoms with Gasteiger partial charge >= 0.3 is 0 Å². The van der Waals surface area contributed by atoms with Crippen molar-refractivity contribution in [1.82, 2.24) is 9.66 Å². The highest BCUT2D eigenvalue weighted by Crippen LogP contribution is 2.18. The lowest BCUT2D eigenvalue weighted by molar-refractivity contribution is 0.287. The predicted molar refractivity (Wildman–Crippen MR) is 116 cm³/mol. The second-order valence-corrected chi connectivity index (χ2v) is 6.95. The van der Waals surface area contributed by atoms with Crippen molar-refractivity contribution in [2.75, 3.05) is 0 Å². The monoisotopic (exact) mass is 403 g/mol. The van der Waals surface area contributed by atoms with Crippen molar-refractivity contribution in [3.63, 3.8) is 0 Å². The summed E-state index contributed by atoms with van der Waals surface area (Å²) in [4.78, 5) is 17.6. The number of rotatable bonds is 5. The Bertz CT molecular complexity index is 1250. The number of halogens is 1. The van der Waals surface area contributed by atoms with Crippen LogP contribution in [0.1, 0.15) is 17.0 Å². The van der Waals surface area contributed by atoms with Gasteiger partial charge in [-0.1, -0.05) is 54.1 Å². The number of aryl methyl sites for hydroxylation is 1. The topological polar surface area (TPSA) is 56.5 Å². The lowest BCUT2D eigenvalue weighted by atomic mass is 10.2. The molecule has 0 aliphatic rings. The smallest absolute Gasteiger partial charge is 0.282 e. The van der Waals surface area contributed by atoms with Gasteiger partial charge in [0.05, 0.1) is 17.1 Å². The lowest BCUT2D eigenvalue weighted by Gasteiger charge is -2.12. The van der Waals surface area contributed by atoms with Gasteiger partial charge in [0, 0.05) is 5.02 Å². The quantitative estimate of drug-likeness (QED) is 0.449. The summed E-state index contributed by atoms with van der Waals surface area (Å²) < 4.78 is 7.21. The second kappa shape index (κ2) is 8.29. The largest absolute Gasteiger partial charge is 0.485 e. The maximum Gasteiger partial charge on any atom is 0.282 e. The minimum Gasteiger partial charge on any atom is -0.485 e. The third kappa shape index (κ3) is 4.20. The maximum atomic E-state index is 13.0. The molecule has 0 fully saturated rings.